The molecule has 8 nitrogen and oxygen atoms in total. The molecule has 0 heterocycles. The number of amides is 2. The average molecular weight is 396 g/mol. The minimum absolute atomic E-state index is 0.0843. The second-order valence-electron chi connectivity index (χ2n) is 5.84. The van der Waals surface area contributed by atoms with Crippen molar-refractivity contribution in [3.05, 3.63) is 71.4 Å². The number of hydrogen-bond acceptors (Lipinski definition) is 6. The molecule has 0 saturated heterocycles. The van der Waals surface area contributed by atoms with Crippen molar-refractivity contribution in [2.24, 2.45) is 0 Å². The monoisotopic (exact) mass is 396 g/mol. The lowest BCUT2D eigenvalue weighted by molar-refractivity contribution is -0.144. The Bertz CT molecular complexity index is 920. The van der Waals surface area contributed by atoms with Gasteiger partial charge < -0.3 is 20.1 Å². The third-order valence-corrected chi connectivity index (χ3v) is 3.57. The molecule has 0 unspecified atom stereocenters. The van der Waals surface area contributed by atoms with Crippen molar-refractivity contribution >= 4 is 35.5 Å². The molecule has 2 aromatic rings. The highest BCUT2D eigenvalue weighted by Gasteiger charge is 2.15. The van der Waals surface area contributed by atoms with Crippen molar-refractivity contribution in [3.8, 4) is 0 Å². The molecule has 0 saturated carbocycles. The molecule has 0 aliphatic carbocycles. The van der Waals surface area contributed by atoms with Gasteiger partial charge in [0.05, 0.1) is 12.7 Å². The first-order valence-corrected chi connectivity index (χ1v) is 8.58. The molecule has 0 spiro atoms. The van der Waals surface area contributed by atoms with Crippen LogP contribution in [0.25, 0.3) is 6.08 Å². The quantitative estimate of drug-likeness (QED) is 0.548. The standard InChI is InChI=1S/C21H20N2O6/c1-14(24)22-18(12-15-6-4-3-5-7-15)21(27)29-13-19(25)23-17-10-8-16(9-11-17)20(26)28-2/h3-12H,13H2,1-2H3,(H,22,24)(H,23,25)/b18-12+. The van der Waals surface area contributed by atoms with Crippen LogP contribution in [0.15, 0.2) is 60.3 Å². The minimum atomic E-state index is -0.847. The summed E-state index contributed by atoms with van der Waals surface area (Å²) >= 11 is 0. The summed E-state index contributed by atoms with van der Waals surface area (Å²) in [5, 5.41) is 4.93. The Kier molecular flexibility index (Phi) is 7.67. The number of ether oxygens (including phenoxy) is 2. The van der Waals surface area contributed by atoms with Gasteiger partial charge in [-0.25, -0.2) is 9.59 Å². The molecule has 29 heavy (non-hydrogen) atoms. The molecule has 0 aliphatic rings. The predicted octanol–water partition coefficient (Wildman–Crippen LogP) is 2.13. The summed E-state index contributed by atoms with van der Waals surface area (Å²) in [6.07, 6.45) is 1.45. The zero-order chi connectivity index (χ0) is 21.2. The number of carbonyl (C=O) groups excluding carboxylic acids is 4. The Morgan fingerprint density at radius 2 is 1.62 bits per heavy atom. The van der Waals surface area contributed by atoms with Crippen molar-refractivity contribution in [2.45, 2.75) is 6.92 Å². The van der Waals surface area contributed by atoms with E-state index < -0.39 is 30.4 Å². The predicted molar refractivity (Wildman–Crippen MR) is 106 cm³/mol. The fraction of sp³-hybridized carbons (Fsp3) is 0.143. The Labute approximate surface area is 167 Å². The van der Waals surface area contributed by atoms with Crippen LogP contribution in [0.2, 0.25) is 0 Å². The van der Waals surface area contributed by atoms with Crippen molar-refractivity contribution in [2.75, 3.05) is 19.0 Å². The SMILES string of the molecule is COC(=O)c1ccc(NC(=O)COC(=O)/C(=C\c2ccccc2)NC(C)=O)cc1. The fourth-order valence-electron chi connectivity index (χ4n) is 2.27. The lowest BCUT2D eigenvalue weighted by Crippen LogP contribution is -2.28. The second-order valence-corrected chi connectivity index (χ2v) is 5.84. The number of anilines is 1. The summed E-state index contributed by atoms with van der Waals surface area (Å²) < 4.78 is 9.58. The van der Waals surface area contributed by atoms with E-state index >= 15 is 0 Å². The van der Waals surface area contributed by atoms with E-state index in [4.69, 9.17) is 4.74 Å². The normalized spacial score (nSPS) is 10.6. The number of benzene rings is 2. The third-order valence-electron chi connectivity index (χ3n) is 3.57. The van der Waals surface area contributed by atoms with Gasteiger partial charge in [-0.2, -0.15) is 0 Å². The van der Waals surface area contributed by atoms with Gasteiger partial charge in [0.15, 0.2) is 6.61 Å². The Hall–Kier alpha value is -3.94. The van der Waals surface area contributed by atoms with Gasteiger partial charge >= 0.3 is 11.9 Å². The number of methoxy groups -OCH3 is 1. The largest absolute Gasteiger partial charge is 0.465 e. The third kappa shape index (κ3) is 6.94. The van der Waals surface area contributed by atoms with E-state index in [1.807, 2.05) is 6.07 Å². The molecule has 150 valence electrons. The van der Waals surface area contributed by atoms with E-state index in [1.54, 1.807) is 24.3 Å². The van der Waals surface area contributed by atoms with Crippen LogP contribution >= 0.6 is 0 Å². The van der Waals surface area contributed by atoms with Crippen LogP contribution in [-0.2, 0) is 23.9 Å². The van der Waals surface area contributed by atoms with Crippen LogP contribution in [0.1, 0.15) is 22.8 Å². The van der Waals surface area contributed by atoms with Crippen molar-refractivity contribution in [3.63, 3.8) is 0 Å². The van der Waals surface area contributed by atoms with E-state index in [0.717, 1.165) is 0 Å². The highest BCUT2D eigenvalue weighted by Crippen LogP contribution is 2.11. The van der Waals surface area contributed by atoms with E-state index in [0.29, 0.717) is 16.8 Å². The molecule has 2 aromatic carbocycles. The van der Waals surface area contributed by atoms with Gasteiger partial charge in [-0.05, 0) is 35.9 Å². The van der Waals surface area contributed by atoms with Gasteiger partial charge in [-0.1, -0.05) is 30.3 Å². The van der Waals surface area contributed by atoms with E-state index in [-0.39, 0.29) is 5.70 Å². The summed E-state index contributed by atoms with van der Waals surface area (Å²) in [5.41, 5.74) is 1.35. The Morgan fingerprint density at radius 1 is 0.966 bits per heavy atom. The molecular weight excluding hydrogens is 376 g/mol. The van der Waals surface area contributed by atoms with E-state index in [9.17, 15) is 19.2 Å². The maximum absolute atomic E-state index is 12.3. The van der Waals surface area contributed by atoms with Gasteiger partial charge in [0.1, 0.15) is 5.70 Å². The van der Waals surface area contributed by atoms with Crippen LogP contribution in [0.4, 0.5) is 5.69 Å². The van der Waals surface area contributed by atoms with Crippen LogP contribution < -0.4 is 10.6 Å². The highest BCUT2D eigenvalue weighted by atomic mass is 16.5. The van der Waals surface area contributed by atoms with Crippen molar-refractivity contribution in [1.29, 1.82) is 0 Å². The van der Waals surface area contributed by atoms with Gasteiger partial charge in [-0.15, -0.1) is 0 Å². The molecule has 0 aliphatic heterocycles. The lowest BCUT2D eigenvalue weighted by Gasteiger charge is -2.10. The Morgan fingerprint density at radius 3 is 2.21 bits per heavy atom. The van der Waals surface area contributed by atoms with Crippen LogP contribution in [-0.4, -0.2) is 37.5 Å². The molecule has 0 aromatic heterocycles. The highest BCUT2D eigenvalue weighted by molar-refractivity contribution is 5.99. The zero-order valence-corrected chi connectivity index (χ0v) is 15.9. The second kappa shape index (κ2) is 10.4. The number of hydrogen-bond donors (Lipinski definition) is 2. The zero-order valence-electron chi connectivity index (χ0n) is 15.9. The van der Waals surface area contributed by atoms with E-state index in [2.05, 4.69) is 15.4 Å². The topological polar surface area (TPSA) is 111 Å². The molecule has 0 fully saturated rings. The molecule has 2 amide bonds. The average Bonchev–Trinajstić information content (AvgIpc) is 2.72. The smallest absolute Gasteiger partial charge is 0.355 e. The van der Waals surface area contributed by atoms with E-state index in [1.165, 1.54) is 44.4 Å². The first kappa shape index (κ1) is 21.4. The molecule has 0 bridgehead atoms. The number of esters is 2. The first-order chi connectivity index (χ1) is 13.9. The van der Waals surface area contributed by atoms with Crippen LogP contribution in [0.5, 0.6) is 0 Å². The lowest BCUT2D eigenvalue weighted by atomic mass is 10.2. The molecule has 8 heteroatoms. The van der Waals surface area contributed by atoms with Gasteiger partial charge in [-0.3, -0.25) is 9.59 Å². The Balaban J connectivity index is 1.96. The summed E-state index contributed by atoms with van der Waals surface area (Å²) in [4.78, 5) is 47.0. The summed E-state index contributed by atoms with van der Waals surface area (Å²) in [6.45, 7) is 0.708. The number of rotatable bonds is 7. The van der Waals surface area contributed by atoms with Gasteiger partial charge in [0, 0.05) is 12.6 Å². The fourth-order valence-corrected chi connectivity index (χ4v) is 2.27. The molecule has 0 atom stereocenters. The van der Waals surface area contributed by atoms with Gasteiger partial charge in [0.2, 0.25) is 5.91 Å². The van der Waals surface area contributed by atoms with Crippen LogP contribution in [0, 0.1) is 0 Å². The maximum atomic E-state index is 12.3. The van der Waals surface area contributed by atoms with Crippen molar-refractivity contribution in [1.82, 2.24) is 5.32 Å². The summed E-state index contributed by atoms with van der Waals surface area (Å²) in [6, 6.07) is 14.9. The molecular formula is C21H20N2O6. The van der Waals surface area contributed by atoms with Crippen LogP contribution in [0.3, 0.4) is 0 Å². The molecule has 0 radical (unpaired) electrons. The van der Waals surface area contributed by atoms with Gasteiger partial charge in [0.25, 0.3) is 5.91 Å². The maximum Gasteiger partial charge on any atom is 0.355 e. The number of nitrogens with one attached hydrogen (secondary N) is 2. The molecule has 2 rings (SSSR count). The number of carbonyl (C=O) groups is 4. The van der Waals surface area contributed by atoms with Crippen molar-refractivity contribution < 1.29 is 28.7 Å². The molecule has 2 N–H and O–H groups in total. The summed E-state index contributed by atoms with van der Waals surface area (Å²) in [7, 11) is 1.27. The first-order valence-electron chi connectivity index (χ1n) is 8.58. The minimum Gasteiger partial charge on any atom is -0.465 e. The summed E-state index contributed by atoms with van der Waals surface area (Å²) in [5.74, 6) is -2.36.